The zero-order chi connectivity index (χ0) is 18.6. The predicted octanol–water partition coefficient (Wildman–Crippen LogP) is 4.45. The minimum absolute atomic E-state index is 0.135. The summed E-state index contributed by atoms with van der Waals surface area (Å²) >= 11 is 0. The first-order valence-electron chi connectivity index (χ1n) is 8.31. The minimum Gasteiger partial charge on any atom is -0.380 e. The lowest BCUT2D eigenvalue weighted by Gasteiger charge is -2.37. The normalized spacial score (nSPS) is 15.9. The standard InChI is InChI=1S/C21H25F2NO/c1-15(13-17-5-9-19(22)10-6-17)21(25,16(2)14-24(3)4)18-7-11-20(23)12-8-18/h5-13,16,25H,14H2,1-4H3. The van der Waals surface area contributed by atoms with E-state index in [9.17, 15) is 13.9 Å². The van der Waals surface area contributed by atoms with Crippen LogP contribution in [0.4, 0.5) is 8.78 Å². The maximum atomic E-state index is 13.3. The summed E-state index contributed by atoms with van der Waals surface area (Å²) < 4.78 is 26.5. The van der Waals surface area contributed by atoms with Crippen molar-refractivity contribution in [3.63, 3.8) is 0 Å². The van der Waals surface area contributed by atoms with E-state index in [0.29, 0.717) is 12.1 Å². The summed E-state index contributed by atoms with van der Waals surface area (Å²) in [6, 6.07) is 12.0. The summed E-state index contributed by atoms with van der Waals surface area (Å²) in [4.78, 5) is 2.00. The van der Waals surface area contributed by atoms with E-state index < -0.39 is 5.60 Å². The quantitative estimate of drug-likeness (QED) is 0.836. The van der Waals surface area contributed by atoms with Gasteiger partial charge in [-0.25, -0.2) is 8.78 Å². The van der Waals surface area contributed by atoms with Crippen molar-refractivity contribution in [1.82, 2.24) is 4.90 Å². The molecule has 2 atom stereocenters. The highest BCUT2D eigenvalue weighted by molar-refractivity contribution is 5.56. The van der Waals surface area contributed by atoms with Crippen LogP contribution in [0.3, 0.4) is 0 Å². The summed E-state index contributed by atoms with van der Waals surface area (Å²) in [6.45, 7) is 4.46. The zero-order valence-electron chi connectivity index (χ0n) is 15.1. The van der Waals surface area contributed by atoms with Crippen LogP contribution in [0.2, 0.25) is 0 Å². The summed E-state index contributed by atoms with van der Waals surface area (Å²) in [5, 5.41) is 11.6. The molecule has 0 bridgehead atoms. The maximum absolute atomic E-state index is 13.3. The van der Waals surface area contributed by atoms with E-state index in [-0.39, 0.29) is 17.6 Å². The molecular weight excluding hydrogens is 320 g/mol. The van der Waals surface area contributed by atoms with E-state index in [1.54, 1.807) is 24.3 Å². The number of aliphatic hydroxyl groups is 1. The third-order valence-corrected chi connectivity index (χ3v) is 4.49. The van der Waals surface area contributed by atoms with E-state index >= 15 is 0 Å². The van der Waals surface area contributed by atoms with Crippen molar-refractivity contribution in [2.24, 2.45) is 5.92 Å². The topological polar surface area (TPSA) is 23.5 Å². The first kappa shape index (κ1) is 19.3. The van der Waals surface area contributed by atoms with Crippen LogP contribution in [0, 0.1) is 17.6 Å². The molecule has 2 aromatic carbocycles. The SMILES string of the molecule is CC(=Cc1ccc(F)cc1)C(O)(c1ccc(F)cc1)C(C)CN(C)C. The highest BCUT2D eigenvalue weighted by Gasteiger charge is 2.37. The van der Waals surface area contributed by atoms with Crippen molar-refractivity contribution < 1.29 is 13.9 Å². The third-order valence-electron chi connectivity index (χ3n) is 4.49. The molecule has 2 unspecified atom stereocenters. The lowest BCUT2D eigenvalue weighted by molar-refractivity contribution is 0.0105. The lowest BCUT2D eigenvalue weighted by Crippen LogP contribution is -2.40. The van der Waals surface area contributed by atoms with Gasteiger partial charge in [0.05, 0.1) is 0 Å². The highest BCUT2D eigenvalue weighted by Crippen LogP contribution is 2.38. The average molecular weight is 345 g/mol. The monoisotopic (exact) mass is 345 g/mol. The molecule has 0 amide bonds. The molecule has 0 saturated heterocycles. The molecule has 0 fully saturated rings. The smallest absolute Gasteiger partial charge is 0.123 e. The second-order valence-electron chi connectivity index (χ2n) is 6.82. The Bertz CT molecular complexity index is 723. The zero-order valence-corrected chi connectivity index (χ0v) is 15.1. The molecule has 0 saturated carbocycles. The molecule has 0 aliphatic carbocycles. The van der Waals surface area contributed by atoms with Gasteiger partial charge in [-0.3, -0.25) is 0 Å². The minimum atomic E-state index is -1.26. The average Bonchev–Trinajstić information content (AvgIpc) is 2.56. The molecule has 2 aromatic rings. The van der Waals surface area contributed by atoms with Gasteiger partial charge in [0.2, 0.25) is 0 Å². The molecule has 0 spiro atoms. The highest BCUT2D eigenvalue weighted by atomic mass is 19.1. The Hall–Kier alpha value is -2.04. The first-order valence-corrected chi connectivity index (χ1v) is 8.31. The number of halogens is 2. The fourth-order valence-corrected chi connectivity index (χ4v) is 3.20. The molecule has 0 aliphatic heterocycles. The van der Waals surface area contributed by atoms with Crippen molar-refractivity contribution in [3.8, 4) is 0 Å². The molecule has 2 rings (SSSR count). The summed E-state index contributed by atoms with van der Waals surface area (Å²) in [6.07, 6.45) is 1.84. The van der Waals surface area contributed by atoms with Gasteiger partial charge < -0.3 is 10.0 Å². The molecular formula is C21H25F2NO. The van der Waals surface area contributed by atoms with E-state index in [4.69, 9.17) is 0 Å². The summed E-state index contributed by atoms with van der Waals surface area (Å²) in [5.74, 6) is -0.777. The Labute approximate surface area is 148 Å². The van der Waals surface area contributed by atoms with Crippen LogP contribution in [-0.2, 0) is 5.60 Å². The predicted molar refractivity (Wildman–Crippen MR) is 98.1 cm³/mol. The number of benzene rings is 2. The number of rotatable bonds is 6. The van der Waals surface area contributed by atoms with Crippen LogP contribution >= 0.6 is 0 Å². The third kappa shape index (κ3) is 4.53. The summed E-state index contributed by atoms with van der Waals surface area (Å²) in [7, 11) is 3.89. The fraction of sp³-hybridized carbons (Fsp3) is 0.333. The van der Waals surface area contributed by atoms with Crippen LogP contribution in [0.25, 0.3) is 6.08 Å². The van der Waals surface area contributed by atoms with Gasteiger partial charge in [0.15, 0.2) is 0 Å². The van der Waals surface area contributed by atoms with E-state index in [0.717, 1.165) is 11.1 Å². The van der Waals surface area contributed by atoms with Crippen molar-refractivity contribution in [1.29, 1.82) is 0 Å². The lowest BCUT2D eigenvalue weighted by atomic mass is 9.76. The van der Waals surface area contributed by atoms with Gasteiger partial charge in [0.1, 0.15) is 17.2 Å². The number of hydrogen-bond donors (Lipinski definition) is 1. The van der Waals surface area contributed by atoms with Crippen LogP contribution in [0.15, 0.2) is 54.1 Å². The summed E-state index contributed by atoms with van der Waals surface area (Å²) in [5.41, 5.74) is 0.905. The van der Waals surface area contributed by atoms with Crippen LogP contribution in [0.5, 0.6) is 0 Å². The van der Waals surface area contributed by atoms with Gasteiger partial charge >= 0.3 is 0 Å². The fourth-order valence-electron chi connectivity index (χ4n) is 3.20. The molecule has 134 valence electrons. The Morgan fingerprint density at radius 3 is 2.00 bits per heavy atom. The molecule has 0 aliphatic rings. The van der Waals surface area contributed by atoms with Gasteiger partial charge in [-0.1, -0.05) is 37.3 Å². The molecule has 25 heavy (non-hydrogen) atoms. The number of hydrogen-bond acceptors (Lipinski definition) is 2. The van der Waals surface area contributed by atoms with Crippen molar-refractivity contribution >= 4 is 6.08 Å². The van der Waals surface area contributed by atoms with Crippen LogP contribution < -0.4 is 0 Å². The number of nitrogens with zero attached hydrogens (tertiary/aromatic N) is 1. The molecule has 0 heterocycles. The van der Waals surface area contributed by atoms with Gasteiger partial charge in [-0.05, 0) is 62.0 Å². The first-order chi connectivity index (χ1) is 11.7. The molecule has 1 N–H and O–H groups in total. The largest absolute Gasteiger partial charge is 0.380 e. The Morgan fingerprint density at radius 2 is 1.52 bits per heavy atom. The van der Waals surface area contributed by atoms with Gasteiger partial charge in [0, 0.05) is 12.5 Å². The Morgan fingerprint density at radius 1 is 1.04 bits per heavy atom. The molecule has 2 nitrogen and oxygen atoms in total. The molecule has 0 radical (unpaired) electrons. The van der Waals surface area contributed by atoms with E-state index in [2.05, 4.69) is 0 Å². The van der Waals surface area contributed by atoms with Crippen molar-refractivity contribution in [3.05, 3.63) is 76.9 Å². The molecule has 0 aromatic heterocycles. The maximum Gasteiger partial charge on any atom is 0.123 e. The van der Waals surface area contributed by atoms with E-state index in [1.165, 1.54) is 24.3 Å². The second kappa shape index (κ2) is 7.89. The van der Waals surface area contributed by atoms with Gasteiger partial charge in [-0.2, -0.15) is 0 Å². The Balaban J connectivity index is 2.49. The van der Waals surface area contributed by atoms with Crippen LogP contribution in [-0.4, -0.2) is 30.6 Å². The van der Waals surface area contributed by atoms with Crippen LogP contribution in [0.1, 0.15) is 25.0 Å². The van der Waals surface area contributed by atoms with Gasteiger partial charge in [0.25, 0.3) is 0 Å². The second-order valence-corrected chi connectivity index (χ2v) is 6.82. The van der Waals surface area contributed by atoms with E-state index in [1.807, 2.05) is 38.9 Å². The Kier molecular flexibility index (Phi) is 6.09. The van der Waals surface area contributed by atoms with Gasteiger partial charge in [-0.15, -0.1) is 0 Å². The van der Waals surface area contributed by atoms with Crippen molar-refractivity contribution in [2.45, 2.75) is 19.4 Å². The van der Waals surface area contributed by atoms with Crippen molar-refractivity contribution in [2.75, 3.05) is 20.6 Å². The molecule has 4 heteroatoms.